The first-order valence-electron chi connectivity index (χ1n) is 9.52. The van der Waals surface area contributed by atoms with Gasteiger partial charge >= 0.3 is 12.2 Å². The van der Waals surface area contributed by atoms with Gasteiger partial charge in [-0.1, -0.05) is 35.4 Å². The van der Waals surface area contributed by atoms with E-state index in [2.05, 4.69) is 10.4 Å². The fourth-order valence-corrected chi connectivity index (χ4v) is 2.72. The number of rotatable bonds is 5. The topological polar surface area (TPSA) is 89.5 Å². The first-order valence-corrected chi connectivity index (χ1v) is 9.52. The Morgan fingerprint density at radius 2 is 1.97 bits per heavy atom. The van der Waals surface area contributed by atoms with E-state index in [4.69, 9.17) is 14.2 Å². The number of aldehydes is 1. The molecule has 158 valence electrons. The van der Waals surface area contributed by atoms with Crippen molar-refractivity contribution >= 4 is 29.8 Å². The summed E-state index contributed by atoms with van der Waals surface area (Å²) in [6.45, 7) is 7.59. The summed E-state index contributed by atoms with van der Waals surface area (Å²) in [6.07, 6.45) is -0.797. The predicted molar refractivity (Wildman–Crippen MR) is 113 cm³/mol. The van der Waals surface area contributed by atoms with Crippen molar-refractivity contribution in [3.63, 3.8) is 0 Å². The van der Waals surface area contributed by atoms with Gasteiger partial charge < -0.3 is 14.2 Å². The smallest absolute Gasteiger partial charge is 0.411 e. The minimum atomic E-state index is -0.920. The van der Waals surface area contributed by atoms with E-state index in [-0.39, 0.29) is 12.7 Å². The van der Waals surface area contributed by atoms with Crippen LogP contribution in [0.4, 0.5) is 16.2 Å². The summed E-state index contributed by atoms with van der Waals surface area (Å²) in [6, 6.07) is 14.7. The fraction of sp³-hybridized carbons (Fsp3) is 0.318. The molecule has 1 amide bonds. The molecule has 0 bridgehead atoms. The number of nitrogens with one attached hydrogen (secondary N) is 1. The van der Waals surface area contributed by atoms with Crippen LogP contribution >= 0.6 is 0 Å². The molecule has 1 heterocycles. The Kier molecular flexibility index (Phi) is 6.25. The Bertz CT molecular complexity index is 938. The molecule has 1 unspecified atom stereocenters. The number of carbonyl (C=O) groups excluding carboxylic acids is 2. The highest BCUT2D eigenvalue weighted by Gasteiger charge is 2.32. The molecule has 1 N–H and O–H groups in total. The lowest BCUT2D eigenvalue weighted by atomic mass is 10.1. The van der Waals surface area contributed by atoms with Gasteiger partial charge in [0.25, 0.3) is 6.23 Å². The van der Waals surface area contributed by atoms with Gasteiger partial charge in [0.1, 0.15) is 12.2 Å². The minimum absolute atomic E-state index is 0.0314. The molecule has 0 fully saturated rings. The Hall–Kier alpha value is -3.55. The van der Waals surface area contributed by atoms with Gasteiger partial charge in [0.15, 0.2) is 6.29 Å². The van der Waals surface area contributed by atoms with E-state index in [1.165, 1.54) is 5.01 Å². The molecule has 0 aliphatic carbocycles. The molecule has 0 saturated heterocycles. The van der Waals surface area contributed by atoms with Gasteiger partial charge in [-0.25, -0.2) is 9.80 Å². The summed E-state index contributed by atoms with van der Waals surface area (Å²) >= 11 is 0. The molecule has 1 aliphatic heterocycles. The second-order valence-electron chi connectivity index (χ2n) is 7.76. The minimum Gasteiger partial charge on any atom is -0.444 e. The molecule has 0 radical (unpaired) electrons. The van der Waals surface area contributed by atoms with Crippen molar-refractivity contribution in [1.29, 1.82) is 0 Å². The fourth-order valence-electron chi connectivity index (χ4n) is 2.72. The van der Waals surface area contributed by atoms with E-state index in [9.17, 15) is 9.59 Å². The number of hydrazone groups is 1. The quantitative estimate of drug-likeness (QED) is 0.742. The number of aryl methyl sites for hydroxylation is 1. The summed E-state index contributed by atoms with van der Waals surface area (Å²) < 4.78 is 16.3. The zero-order valence-electron chi connectivity index (χ0n) is 17.4. The number of carbonyl (C=O) groups is 2. The second kappa shape index (κ2) is 8.86. The molecule has 3 rings (SSSR count). The third kappa shape index (κ3) is 5.50. The van der Waals surface area contributed by atoms with Crippen LogP contribution in [0.25, 0.3) is 0 Å². The third-order valence-electron chi connectivity index (χ3n) is 4.09. The summed E-state index contributed by atoms with van der Waals surface area (Å²) in [5.41, 5.74) is 2.38. The van der Waals surface area contributed by atoms with Crippen LogP contribution in [0.15, 0.2) is 53.6 Å². The normalized spacial score (nSPS) is 15.8. The van der Waals surface area contributed by atoms with Crippen molar-refractivity contribution in [2.45, 2.75) is 46.1 Å². The largest absolute Gasteiger partial charge is 0.444 e. The summed E-state index contributed by atoms with van der Waals surface area (Å²) in [4.78, 5) is 23.5. The number of anilines is 2. The average Bonchev–Trinajstić information content (AvgIpc) is 3.10. The van der Waals surface area contributed by atoms with E-state index in [0.29, 0.717) is 17.7 Å². The molecule has 0 saturated carbocycles. The Balaban J connectivity index is 1.66. The van der Waals surface area contributed by atoms with Crippen LogP contribution in [0.3, 0.4) is 0 Å². The molecule has 0 spiro atoms. The number of ether oxygens (including phenoxy) is 3. The monoisotopic (exact) mass is 411 g/mol. The van der Waals surface area contributed by atoms with Crippen LogP contribution in [0.5, 0.6) is 0 Å². The zero-order chi connectivity index (χ0) is 21.7. The molecule has 1 aliphatic rings. The molecule has 8 nitrogen and oxygen atoms in total. The number of amides is 1. The van der Waals surface area contributed by atoms with E-state index >= 15 is 0 Å². The third-order valence-corrected chi connectivity index (χ3v) is 4.09. The summed E-state index contributed by atoms with van der Waals surface area (Å²) in [7, 11) is 0. The number of hydrogen-bond donors (Lipinski definition) is 1. The predicted octanol–water partition coefficient (Wildman–Crippen LogP) is 4.19. The van der Waals surface area contributed by atoms with Crippen LogP contribution in [0.2, 0.25) is 0 Å². The maximum absolute atomic E-state index is 12.1. The van der Waals surface area contributed by atoms with Crippen molar-refractivity contribution in [2.24, 2.45) is 5.10 Å². The maximum Gasteiger partial charge on any atom is 0.411 e. The zero-order valence-corrected chi connectivity index (χ0v) is 17.4. The maximum atomic E-state index is 12.1. The Morgan fingerprint density at radius 3 is 2.60 bits per heavy atom. The van der Waals surface area contributed by atoms with Gasteiger partial charge in [-0.3, -0.25) is 10.1 Å². The van der Waals surface area contributed by atoms with E-state index in [0.717, 1.165) is 11.1 Å². The van der Waals surface area contributed by atoms with E-state index in [1.807, 2.05) is 58.0 Å². The molecule has 0 aromatic heterocycles. The molecular weight excluding hydrogens is 386 g/mol. The van der Waals surface area contributed by atoms with Crippen molar-refractivity contribution in [1.82, 2.24) is 0 Å². The summed E-state index contributed by atoms with van der Waals surface area (Å²) in [5, 5.41) is 8.40. The van der Waals surface area contributed by atoms with Gasteiger partial charge in [0.2, 0.25) is 0 Å². The summed E-state index contributed by atoms with van der Waals surface area (Å²) in [5.74, 6) is 0. The van der Waals surface area contributed by atoms with Crippen LogP contribution < -0.4 is 10.3 Å². The van der Waals surface area contributed by atoms with Gasteiger partial charge in [0, 0.05) is 5.69 Å². The molecule has 2 aromatic carbocycles. The Labute approximate surface area is 175 Å². The highest BCUT2D eigenvalue weighted by Crippen LogP contribution is 2.28. The van der Waals surface area contributed by atoms with Crippen LogP contribution in [-0.4, -0.2) is 30.3 Å². The number of hydrogen-bond acceptors (Lipinski definition) is 7. The lowest BCUT2D eigenvalue weighted by Gasteiger charge is -2.19. The van der Waals surface area contributed by atoms with Crippen LogP contribution in [0.1, 0.15) is 31.9 Å². The van der Waals surface area contributed by atoms with E-state index in [1.54, 1.807) is 18.2 Å². The SMILES string of the molecule is Cc1cc(N2N=C(OC(C)(C)C)OC2C=O)ccc1NC(=O)OCc1ccccc1. The Morgan fingerprint density at radius 1 is 1.23 bits per heavy atom. The van der Waals surface area contributed by atoms with Crippen LogP contribution in [0, 0.1) is 6.92 Å². The molecule has 1 atom stereocenters. The van der Waals surface area contributed by atoms with Gasteiger partial charge in [-0.2, -0.15) is 0 Å². The van der Waals surface area contributed by atoms with Crippen molar-refractivity contribution < 1.29 is 23.8 Å². The van der Waals surface area contributed by atoms with Crippen LogP contribution in [-0.2, 0) is 25.6 Å². The van der Waals surface area contributed by atoms with Crippen molar-refractivity contribution in [2.75, 3.05) is 10.3 Å². The van der Waals surface area contributed by atoms with Crippen molar-refractivity contribution in [3.8, 4) is 0 Å². The first kappa shape index (κ1) is 21.2. The molecule has 2 aromatic rings. The standard InChI is InChI=1S/C22H25N3O5/c1-15-12-17(25-19(13-26)29-21(24-25)30-22(2,3)4)10-11-18(15)23-20(27)28-14-16-8-6-5-7-9-16/h5-13,19H,14H2,1-4H3,(H,23,27). The number of benzene rings is 2. The van der Waals surface area contributed by atoms with Gasteiger partial charge in [-0.15, -0.1) is 0 Å². The highest BCUT2D eigenvalue weighted by molar-refractivity contribution is 5.86. The van der Waals surface area contributed by atoms with Crippen molar-refractivity contribution in [3.05, 3.63) is 59.7 Å². The molecule has 30 heavy (non-hydrogen) atoms. The molecular formula is C22H25N3O5. The first-order chi connectivity index (χ1) is 14.2. The van der Waals surface area contributed by atoms with Gasteiger partial charge in [-0.05, 0) is 57.0 Å². The van der Waals surface area contributed by atoms with Gasteiger partial charge in [0.05, 0.1) is 5.69 Å². The lowest BCUT2D eigenvalue weighted by molar-refractivity contribution is -0.114. The average molecular weight is 411 g/mol. The second-order valence-corrected chi connectivity index (χ2v) is 7.76. The molecule has 8 heteroatoms. The lowest BCUT2D eigenvalue weighted by Crippen LogP contribution is -2.30. The number of nitrogens with zero attached hydrogens (tertiary/aromatic N) is 2. The highest BCUT2D eigenvalue weighted by atomic mass is 16.7. The van der Waals surface area contributed by atoms with E-state index < -0.39 is 17.9 Å².